The maximum atomic E-state index is 10.7. The fraction of sp³-hybridized carbons (Fsp3) is 0.385. The molecular formula is C13H14Cl2N2O2S. The fourth-order valence-corrected chi connectivity index (χ4v) is 3.06. The molecular weight excluding hydrogens is 319 g/mol. The monoisotopic (exact) mass is 332 g/mol. The molecule has 2 atom stereocenters. The molecule has 1 saturated heterocycles. The largest absolute Gasteiger partial charge is 0.465 e. The molecule has 1 aliphatic rings. The molecule has 1 aromatic rings. The van der Waals surface area contributed by atoms with Crippen LogP contribution < -0.4 is 10.6 Å². The van der Waals surface area contributed by atoms with E-state index in [0.29, 0.717) is 28.0 Å². The van der Waals surface area contributed by atoms with Gasteiger partial charge in [-0.1, -0.05) is 47.6 Å². The van der Waals surface area contributed by atoms with Crippen LogP contribution in [0.3, 0.4) is 0 Å². The molecule has 3 N–H and O–H groups in total. The summed E-state index contributed by atoms with van der Waals surface area (Å²) in [7, 11) is 0. The van der Waals surface area contributed by atoms with Gasteiger partial charge in [-0.05, 0) is 24.5 Å². The van der Waals surface area contributed by atoms with Gasteiger partial charge in [-0.3, -0.25) is 0 Å². The lowest BCUT2D eigenvalue weighted by Gasteiger charge is -2.16. The number of halogens is 2. The van der Waals surface area contributed by atoms with Gasteiger partial charge in [0.25, 0.3) is 0 Å². The van der Waals surface area contributed by atoms with Crippen LogP contribution in [0.25, 0.3) is 0 Å². The molecule has 2 rings (SSSR count). The number of carbonyl (C=O) groups is 1. The highest BCUT2D eigenvalue weighted by molar-refractivity contribution is 7.80. The van der Waals surface area contributed by atoms with Gasteiger partial charge in [-0.2, -0.15) is 0 Å². The highest BCUT2D eigenvalue weighted by Crippen LogP contribution is 2.34. The van der Waals surface area contributed by atoms with Crippen molar-refractivity contribution in [1.82, 2.24) is 10.6 Å². The quantitative estimate of drug-likeness (QED) is 0.726. The van der Waals surface area contributed by atoms with Gasteiger partial charge in [0.05, 0.1) is 21.1 Å². The Hall–Kier alpha value is -1.04. The first-order chi connectivity index (χ1) is 9.49. The van der Waals surface area contributed by atoms with Gasteiger partial charge in [0.15, 0.2) is 0 Å². The van der Waals surface area contributed by atoms with Gasteiger partial charge in [-0.15, -0.1) is 0 Å². The molecule has 1 fully saturated rings. The third-order valence-corrected chi connectivity index (χ3v) is 4.62. The predicted molar refractivity (Wildman–Crippen MR) is 84.0 cm³/mol. The SMILES string of the molecule is O=C(O)N[C@@H]1CC[C@@H](c2cccc(Cl)c2Cl)CNC1=S. The zero-order valence-corrected chi connectivity index (χ0v) is 12.9. The summed E-state index contributed by atoms with van der Waals surface area (Å²) in [6.45, 7) is 0.622. The Bertz CT molecular complexity index is 539. The van der Waals surface area contributed by atoms with Gasteiger partial charge in [-0.25, -0.2) is 4.79 Å². The van der Waals surface area contributed by atoms with E-state index in [1.807, 2.05) is 12.1 Å². The van der Waals surface area contributed by atoms with Gasteiger partial charge >= 0.3 is 6.09 Å². The number of benzene rings is 1. The summed E-state index contributed by atoms with van der Waals surface area (Å²) in [4.78, 5) is 11.3. The Morgan fingerprint density at radius 2 is 2.15 bits per heavy atom. The lowest BCUT2D eigenvalue weighted by atomic mass is 9.94. The van der Waals surface area contributed by atoms with Gasteiger partial charge < -0.3 is 15.7 Å². The third kappa shape index (κ3) is 3.53. The summed E-state index contributed by atoms with van der Waals surface area (Å²) in [5, 5.41) is 15.4. The number of hydrogen-bond acceptors (Lipinski definition) is 2. The van der Waals surface area contributed by atoms with E-state index in [9.17, 15) is 4.79 Å². The standard InChI is InChI=1S/C13H14Cl2N2O2S/c14-9-3-1-2-8(11(9)15)7-4-5-10(17-13(18)19)12(20)16-6-7/h1-3,7,10,17H,4-6H2,(H,16,20)(H,18,19)/t7-,10-/m1/s1. The van der Waals surface area contributed by atoms with E-state index in [1.165, 1.54) is 0 Å². The van der Waals surface area contributed by atoms with Crippen molar-refractivity contribution in [2.24, 2.45) is 0 Å². The highest BCUT2D eigenvalue weighted by Gasteiger charge is 2.25. The van der Waals surface area contributed by atoms with Crippen molar-refractivity contribution < 1.29 is 9.90 Å². The van der Waals surface area contributed by atoms with E-state index < -0.39 is 6.09 Å². The molecule has 0 radical (unpaired) electrons. The van der Waals surface area contributed by atoms with E-state index in [2.05, 4.69) is 10.6 Å². The molecule has 0 aromatic heterocycles. The van der Waals surface area contributed by atoms with E-state index in [0.717, 1.165) is 12.0 Å². The second kappa shape index (κ2) is 6.61. The summed E-state index contributed by atoms with van der Waals surface area (Å²) < 4.78 is 0. The Morgan fingerprint density at radius 3 is 2.85 bits per heavy atom. The average Bonchev–Trinajstić information content (AvgIpc) is 2.56. The van der Waals surface area contributed by atoms with Crippen LogP contribution in [0.1, 0.15) is 24.3 Å². The second-order valence-corrected chi connectivity index (χ2v) is 5.89. The summed E-state index contributed by atoms with van der Waals surface area (Å²) in [5.41, 5.74) is 0.963. The second-order valence-electron chi connectivity index (χ2n) is 4.66. The maximum Gasteiger partial charge on any atom is 0.405 e. The minimum Gasteiger partial charge on any atom is -0.465 e. The number of amides is 1. The number of thiocarbonyl (C=S) groups is 1. The molecule has 1 amide bonds. The first kappa shape index (κ1) is 15.4. The van der Waals surface area contributed by atoms with Crippen molar-refractivity contribution in [2.75, 3.05) is 6.54 Å². The lowest BCUT2D eigenvalue weighted by molar-refractivity contribution is 0.192. The van der Waals surface area contributed by atoms with Gasteiger partial charge in [0.1, 0.15) is 0 Å². The van der Waals surface area contributed by atoms with Crippen LogP contribution in [0, 0.1) is 0 Å². The highest BCUT2D eigenvalue weighted by atomic mass is 35.5. The summed E-state index contributed by atoms with van der Waals surface area (Å²) >= 11 is 17.5. The average molecular weight is 333 g/mol. The van der Waals surface area contributed by atoms with E-state index in [-0.39, 0.29) is 12.0 Å². The smallest absolute Gasteiger partial charge is 0.405 e. The first-order valence-corrected chi connectivity index (χ1v) is 7.36. The lowest BCUT2D eigenvalue weighted by Crippen LogP contribution is -2.43. The molecule has 1 aromatic carbocycles. The number of nitrogens with one attached hydrogen (secondary N) is 2. The Balaban J connectivity index is 2.14. The zero-order valence-electron chi connectivity index (χ0n) is 10.5. The molecule has 0 unspecified atom stereocenters. The van der Waals surface area contributed by atoms with Crippen LogP contribution in [0.15, 0.2) is 18.2 Å². The molecule has 108 valence electrons. The molecule has 1 aliphatic heterocycles. The molecule has 0 saturated carbocycles. The molecule has 0 aliphatic carbocycles. The number of rotatable bonds is 2. The predicted octanol–water partition coefficient (Wildman–Crippen LogP) is 3.42. The topological polar surface area (TPSA) is 61.4 Å². The first-order valence-electron chi connectivity index (χ1n) is 6.20. The zero-order chi connectivity index (χ0) is 14.7. The molecule has 1 heterocycles. The fourth-order valence-electron chi connectivity index (χ4n) is 2.34. The van der Waals surface area contributed by atoms with E-state index in [4.69, 9.17) is 40.5 Å². The Morgan fingerprint density at radius 1 is 1.40 bits per heavy atom. The Kier molecular flexibility index (Phi) is 5.07. The minimum absolute atomic E-state index is 0.153. The normalized spacial score (nSPS) is 22.8. The van der Waals surface area contributed by atoms with Crippen LogP contribution >= 0.6 is 35.4 Å². The summed E-state index contributed by atoms with van der Waals surface area (Å²) in [6.07, 6.45) is 0.336. The summed E-state index contributed by atoms with van der Waals surface area (Å²) in [5.74, 6) is 0.153. The Labute approximate surface area is 132 Å². The van der Waals surface area contributed by atoms with Gasteiger partial charge in [0, 0.05) is 12.5 Å². The van der Waals surface area contributed by atoms with E-state index >= 15 is 0 Å². The van der Waals surface area contributed by atoms with Crippen LogP contribution in [0.2, 0.25) is 10.0 Å². The summed E-state index contributed by atoms with van der Waals surface area (Å²) in [6, 6.07) is 5.19. The van der Waals surface area contributed by atoms with Crippen LogP contribution in [0.5, 0.6) is 0 Å². The molecule has 20 heavy (non-hydrogen) atoms. The number of carboxylic acid groups (broad SMARTS) is 1. The molecule has 4 nitrogen and oxygen atoms in total. The molecule has 7 heteroatoms. The van der Waals surface area contributed by atoms with Crippen molar-refractivity contribution in [3.63, 3.8) is 0 Å². The third-order valence-electron chi connectivity index (χ3n) is 3.36. The minimum atomic E-state index is -1.07. The van der Waals surface area contributed by atoms with Gasteiger partial charge in [0.2, 0.25) is 0 Å². The van der Waals surface area contributed by atoms with Crippen molar-refractivity contribution in [2.45, 2.75) is 24.8 Å². The van der Waals surface area contributed by atoms with Crippen molar-refractivity contribution in [3.05, 3.63) is 33.8 Å². The van der Waals surface area contributed by atoms with Crippen LogP contribution in [-0.2, 0) is 0 Å². The number of hydrogen-bond donors (Lipinski definition) is 3. The maximum absolute atomic E-state index is 10.7. The molecule has 0 bridgehead atoms. The van der Waals surface area contributed by atoms with Crippen molar-refractivity contribution in [3.8, 4) is 0 Å². The van der Waals surface area contributed by atoms with Crippen LogP contribution in [0.4, 0.5) is 4.79 Å². The molecule has 0 spiro atoms. The van der Waals surface area contributed by atoms with Crippen molar-refractivity contribution >= 4 is 46.5 Å². The van der Waals surface area contributed by atoms with Crippen molar-refractivity contribution in [1.29, 1.82) is 0 Å². The van der Waals surface area contributed by atoms with Crippen LogP contribution in [-0.4, -0.2) is 28.8 Å². The van der Waals surface area contributed by atoms with E-state index in [1.54, 1.807) is 6.07 Å².